The number of aromatic nitrogens is 1. The van der Waals surface area contributed by atoms with Crippen molar-refractivity contribution < 1.29 is 53.1 Å². The first-order chi connectivity index (χ1) is 39.6. The van der Waals surface area contributed by atoms with Gasteiger partial charge in [-0.3, -0.25) is 47.9 Å². The van der Waals surface area contributed by atoms with E-state index in [1.165, 1.54) is 6.92 Å². The Hall–Kier alpha value is -6.70. The quantitative estimate of drug-likeness (QED) is 0.0402. The largest absolute Gasteiger partial charge is 0.391 e. The summed E-state index contributed by atoms with van der Waals surface area (Å²) in [6.07, 6.45) is 3.06. The van der Waals surface area contributed by atoms with Gasteiger partial charge in [0.15, 0.2) is 0 Å². The van der Waals surface area contributed by atoms with E-state index in [4.69, 9.17) is 22.9 Å². The minimum Gasteiger partial charge on any atom is -0.391 e. The number of nitrogens with two attached hydrogens (primary N) is 4. The first-order valence-corrected chi connectivity index (χ1v) is 29.9. The Morgan fingerprint density at radius 1 is 0.476 bits per heavy atom. The number of aromatic amines is 1. The van der Waals surface area contributed by atoms with Crippen molar-refractivity contribution in [3.63, 3.8) is 0 Å². The number of hydrogen-bond donors (Lipinski definition) is 15. The van der Waals surface area contributed by atoms with E-state index in [0.717, 1.165) is 10.9 Å². The third-order valence-corrected chi connectivity index (χ3v) is 14.3. The van der Waals surface area contributed by atoms with Crippen molar-refractivity contribution in [2.45, 2.75) is 214 Å². The van der Waals surface area contributed by atoms with Crippen LogP contribution in [0.5, 0.6) is 0 Å². The Kier molecular flexibility index (Phi) is 32.8. The van der Waals surface area contributed by atoms with Crippen LogP contribution < -0.4 is 70.8 Å². The average molecular weight is 1180 g/mol. The molecular weight excluding hydrogens is 1080 g/mol. The molecule has 0 spiro atoms. The molecule has 0 bridgehead atoms. The highest BCUT2D eigenvalue weighted by molar-refractivity contribution is 5.99. The van der Waals surface area contributed by atoms with Gasteiger partial charge in [-0.1, -0.05) is 93.9 Å². The molecule has 1 aromatic heterocycles. The number of para-hydroxylation sites is 1. The normalized spacial score (nSPS) is 15.5. The third kappa shape index (κ3) is 25.7. The van der Waals surface area contributed by atoms with Crippen LogP contribution in [-0.2, 0) is 54.4 Å². The minimum atomic E-state index is -1.63. The molecule has 0 aliphatic carbocycles. The number of rotatable bonds is 40. The molecule has 11 atom stereocenters. The van der Waals surface area contributed by atoms with Gasteiger partial charge in [-0.25, -0.2) is 0 Å². The maximum Gasteiger partial charge on any atom is 0.245 e. The van der Waals surface area contributed by atoms with Gasteiger partial charge in [0.25, 0.3) is 0 Å². The molecule has 25 heteroatoms. The Labute approximate surface area is 496 Å². The molecule has 0 radical (unpaired) electrons. The second kappa shape index (κ2) is 37.6. The second-order valence-electron chi connectivity index (χ2n) is 23.8. The molecule has 0 saturated carbocycles. The number of benzene rings is 1. The molecule has 0 aliphatic heterocycles. The molecule has 25 nitrogen and oxygen atoms in total. The zero-order valence-electron chi connectivity index (χ0n) is 51.5. The lowest BCUT2D eigenvalue weighted by molar-refractivity contribution is -0.137. The molecule has 0 fully saturated rings. The van der Waals surface area contributed by atoms with Gasteiger partial charge in [0.1, 0.15) is 54.4 Å². The maximum absolute atomic E-state index is 14.9. The summed E-state index contributed by atoms with van der Waals surface area (Å²) in [5.41, 5.74) is 24.2. The summed E-state index contributed by atoms with van der Waals surface area (Å²) >= 11 is 0. The van der Waals surface area contributed by atoms with Crippen LogP contribution in [0.2, 0.25) is 0 Å². The van der Waals surface area contributed by atoms with Crippen molar-refractivity contribution in [1.29, 1.82) is 0 Å². The summed E-state index contributed by atoms with van der Waals surface area (Å²) in [5, 5.41) is 36.2. The van der Waals surface area contributed by atoms with Crippen LogP contribution in [0.1, 0.15) is 152 Å². The molecule has 1 heterocycles. The molecule has 10 amide bonds. The predicted octanol–water partition coefficient (Wildman–Crippen LogP) is 0.387. The van der Waals surface area contributed by atoms with Crippen LogP contribution in [0.4, 0.5) is 0 Å². The average Bonchev–Trinajstić information content (AvgIpc) is 3.66. The summed E-state index contributed by atoms with van der Waals surface area (Å²) in [5.74, 6) is -8.14. The molecule has 2 aromatic rings. The molecule has 19 N–H and O–H groups in total. The number of unbranched alkanes of at least 4 members (excludes halogenated alkanes) is 2. The van der Waals surface area contributed by atoms with Crippen molar-refractivity contribution in [3.05, 3.63) is 36.0 Å². The van der Waals surface area contributed by atoms with Gasteiger partial charge >= 0.3 is 0 Å². The molecule has 84 heavy (non-hydrogen) atoms. The number of amides is 10. The summed E-state index contributed by atoms with van der Waals surface area (Å²) in [6, 6.07) is -3.88. The van der Waals surface area contributed by atoms with E-state index >= 15 is 0 Å². The zero-order chi connectivity index (χ0) is 63.4. The molecule has 474 valence electrons. The van der Waals surface area contributed by atoms with Crippen molar-refractivity contribution in [2.75, 3.05) is 19.6 Å². The predicted molar refractivity (Wildman–Crippen MR) is 322 cm³/mol. The number of H-pyrrole nitrogens is 1. The lowest BCUT2D eigenvalue weighted by Crippen LogP contribution is -2.62. The Morgan fingerprint density at radius 2 is 0.857 bits per heavy atom. The first kappa shape index (κ1) is 73.4. The van der Waals surface area contributed by atoms with Crippen LogP contribution >= 0.6 is 0 Å². The molecule has 2 rings (SSSR count). The molecule has 0 aliphatic rings. The molecule has 0 unspecified atom stereocenters. The van der Waals surface area contributed by atoms with Gasteiger partial charge in [-0.2, -0.15) is 0 Å². The van der Waals surface area contributed by atoms with Crippen LogP contribution in [0.15, 0.2) is 30.5 Å². The van der Waals surface area contributed by atoms with Crippen LogP contribution in [0.3, 0.4) is 0 Å². The summed E-state index contributed by atoms with van der Waals surface area (Å²) in [7, 11) is 0. The number of fused-ring (bicyclic) bond motifs is 1. The lowest BCUT2D eigenvalue weighted by atomic mass is 9.96. The molecule has 1 aromatic carbocycles. The fraction of sp³-hybridized carbons (Fsp3) is 0.695. The van der Waals surface area contributed by atoms with Gasteiger partial charge in [0.2, 0.25) is 59.1 Å². The fourth-order valence-electron chi connectivity index (χ4n) is 9.56. The topological polar surface area (TPSA) is 419 Å². The minimum absolute atomic E-state index is 0.00230. The SMILES string of the molecule is CC[C@H](C)[C@H](NC(=O)[C@H](Cc1c[nH]c2ccccc12)NC(=O)[C@H](CCCCN)NC(=O)[C@H](CC(C)C)NC(=O)[C@H](CC(C)C)NC(=O)CN)C(=O)N[C@@H](CCCCN)C(=O)N[C@H](C(=O)N[C@@H](CC(C)C)C(=O)N[C@@H](CC(C)C)C(N)=O)[C@@H](C)O. The summed E-state index contributed by atoms with van der Waals surface area (Å²) in [4.78, 5) is 142. The second-order valence-corrected chi connectivity index (χ2v) is 23.8. The van der Waals surface area contributed by atoms with E-state index in [2.05, 4.69) is 52.8 Å². The highest BCUT2D eigenvalue weighted by Gasteiger charge is 2.38. The van der Waals surface area contributed by atoms with E-state index in [9.17, 15) is 53.1 Å². The number of aliphatic hydroxyl groups is 1. The van der Waals surface area contributed by atoms with Gasteiger partial charge in [-0.15, -0.1) is 0 Å². The first-order valence-electron chi connectivity index (χ1n) is 29.9. The van der Waals surface area contributed by atoms with Crippen LogP contribution in [0.25, 0.3) is 10.9 Å². The van der Waals surface area contributed by atoms with Gasteiger partial charge in [-0.05, 0) is 125 Å². The smallest absolute Gasteiger partial charge is 0.245 e. The van der Waals surface area contributed by atoms with Crippen molar-refractivity contribution in [2.24, 2.45) is 52.5 Å². The van der Waals surface area contributed by atoms with E-state index in [1.807, 2.05) is 79.7 Å². The van der Waals surface area contributed by atoms with Gasteiger partial charge < -0.3 is 80.9 Å². The summed E-state index contributed by atoms with van der Waals surface area (Å²) in [6.45, 7) is 19.8. The number of carbonyl (C=O) groups is 10. The van der Waals surface area contributed by atoms with E-state index in [-0.39, 0.29) is 88.3 Å². The highest BCUT2D eigenvalue weighted by Crippen LogP contribution is 2.21. The van der Waals surface area contributed by atoms with E-state index in [1.54, 1.807) is 20.0 Å². The zero-order valence-corrected chi connectivity index (χ0v) is 51.5. The number of primary amides is 1. The fourth-order valence-corrected chi connectivity index (χ4v) is 9.56. The number of aliphatic hydroxyl groups excluding tert-OH is 1. The van der Waals surface area contributed by atoms with Gasteiger partial charge in [0, 0.05) is 23.5 Å². The van der Waals surface area contributed by atoms with Gasteiger partial charge in [0.05, 0.1) is 12.6 Å². The Bertz CT molecular complexity index is 2450. The van der Waals surface area contributed by atoms with Crippen molar-refractivity contribution in [1.82, 2.24) is 52.8 Å². The van der Waals surface area contributed by atoms with Crippen LogP contribution in [-0.4, -0.2) is 149 Å². The van der Waals surface area contributed by atoms with Crippen molar-refractivity contribution >= 4 is 70.0 Å². The van der Waals surface area contributed by atoms with E-state index in [0.29, 0.717) is 37.7 Å². The maximum atomic E-state index is 14.9. The molecule has 0 saturated heterocycles. The van der Waals surface area contributed by atoms with E-state index < -0.39 is 125 Å². The Balaban J connectivity index is 2.59. The number of hydrogen-bond acceptors (Lipinski definition) is 14. The Morgan fingerprint density at radius 3 is 1.32 bits per heavy atom. The number of nitrogens with one attached hydrogen (secondary N) is 10. The number of carbonyl (C=O) groups excluding carboxylic acids is 10. The van der Waals surface area contributed by atoms with Crippen molar-refractivity contribution in [3.8, 4) is 0 Å². The monoisotopic (exact) mass is 1180 g/mol. The molecular formula is C59H102N14O11. The summed E-state index contributed by atoms with van der Waals surface area (Å²) < 4.78 is 0. The highest BCUT2D eigenvalue weighted by atomic mass is 16.3. The lowest BCUT2D eigenvalue weighted by Gasteiger charge is -2.30. The third-order valence-electron chi connectivity index (χ3n) is 14.3. The standard InChI is InChI=1S/C59H102N14O11/c1-12-36(10)49(58(83)67-42(22-16-18-24-61)53(78)73-50(37(11)74)59(84)71-46(28-35(8)9)56(81)68-43(51(63)76)25-32(2)3)72-57(82)47(29-38-31-64-40-20-14-13-19-39(38)40)70-52(77)41(21-15-17-23-60)66-55(80)45(27-34(6)7)69-54(79)44(26-33(4)5)65-48(75)30-62/h13-14,19-20,31-37,41-47,49-50,64,74H,12,15-18,21-30,60-62H2,1-11H3,(H2,63,76)(H,65,75)(H,66,80)(H,67,83)(H,68,81)(H,69,79)(H,70,77)(H,71,84)(H,72,82)(H,73,78)/t36-,37+,41-,42-,43-,44-,45-,46-,47-,49-,50-/m0/s1. The van der Waals surface area contributed by atoms with Crippen LogP contribution in [0, 0.1) is 29.6 Å².